The van der Waals surface area contributed by atoms with Crippen LogP contribution in [0.4, 0.5) is 4.39 Å². The summed E-state index contributed by atoms with van der Waals surface area (Å²) in [5, 5.41) is 5.96. The van der Waals surface area contributed by atoms with E-state index in [-0.39, 0.29) is 11.9 Å². The van der Waals surface area contributed by atoms with Crippen molar-refractivity contribution >= 4 is 5.91 Å². The molecule has 2 atom stereocenters. The quantitative estimate of drug-likeness (QED) is 0.873. The number of carbonyl (C=O) groups excluding carboxylic acids is 1. The number of nitrogens with zero attached hydrogens (tertiary/aromatic N) is 1. The molecule has 2 heterocycles. The van der Waals surface area contributed by atoms with E-state index in [1.807, 2.05) is 24.3 Å². The third kappa shape index (κ3) is 4.75. The van der Waals surface area contributed by atoms with Crippen molar-refractivity contribution in [1.29, 1.82) is 0 Å². The number of hydrogen-bond donors (Lipinski definition) is 2. The Morgan fingerprint density at radius 1 is 1.22 bits per heavy atom. The minimum absolute atomic E-state index is 0.0484. The van der Waals surface area contributed by atoms with Crippen LogP contribution in [-0.2, 0) is 6.54 Å². The van der Waals surface area contributed by atoms with Gasteiger partial charge in [0.05, 0.1) is 0 Å². The molecule has 2 aliphatic rings. The molecule has 2 aliphatic heterocycles. The average Bonchev–Trinajstić information content (AvgIpc) is 3.00. The maximum absolute atomic E-state index is 13.1. The molecular formula is C18H26FN3O. The lowest BCUT2D eigenvalue weighted by atomic mass is 10.1. The fourth-order valence-electron chi connectivity index (χ4n) is 3.38. The maximum atomic E-state index is 13.1. The average molecular weight is 319 g/mol. The van der Waals surface area contributed by atoms with E-state index in [9.17, 15) is 9.18 Å². The van der Waals surface area contributed by atoms with Crippen LogP contribution in [0.3, 0.4) is 0 Å². The Balaban J connectivity index is 1.47. The molecule has 1 aromatic rings. The molecule has 0 bridgehead atoms. The summed E-state index contributed by atoms with van der Waals surface area (Å²) in [5.74, 6) is -0.0846. The maximum Gasteiger partial charge on any atom is 0.251 e. The number of hydrogen-bond acceptors (Lipinski definition) is 3. The van der Waals surface area contributed by atoms with Crippen LogP contribution in [0.5, 0.6) is 0 Å². The van der Waals surface area contributed by atoms with Gasteiger partial charge in [-0.3, -0.25) is 9.69 Å². The summed E-state index contributed by atoms with van der Waals surface area (Å²) >= 11 is 0. The molecule has 2 saturated heterocycles. The van der Waals surface area contributed by atoms with Gasteiger partial charge in [0.1, 0.15) is 6.17 Å². The van der Waals surface area contributed by atoms with E-state index >= 15 is 0 Å². The Hall–Kier alpha value is -1.46. The number of nitrogens with one attached hydrogen (secondary N) is 2. The molecule has 0 radical (unpaired) electrons. The molecule has 0 aromatic heterocycles. The Morgan fingerprint density at radius 2 is 1.96 bits per heavy atom. The molecule has 2 N–H and O–H groups in total. The summed E-state index contributed by atoms with van der Waals surface area (Å²) < 4.78 is 13.1. The van der Waals surface area contributed by atoms with Crippen molar-refractivity contribution in [2.24, 2.45) is 0 Å². The molecule has 3 rings (SSSR count). The lowest BCUT2D eigenvalue weighted by molar-refractivity contribution is 0.0950. The van der Waals surface area contributed by atoms with Gasteiger partial charge in [-0.2, -0.15) is 0 Å². The Labute approximate surface area is 137 Å². The van der Waals surface area contributed by atoms with Crippen LogP contribution in [0.15, 0.2) is 24.3 Å². The van der Waals surface area contributed by atoms with Crippen LogP contribution < -0.4 is 10.6 Å². The van der Waals surface area contributed by atoms with Crippen LogP contribution in [-0.4, -0.2) is 49.2 Å². The zero-order chi connectivity index (χ0) is 16.1. The van der Waals surface area contributed by atoms with E-state index in [0.717, 1.165) is 6.54 Å². The number of rotatable bonds is 5. The van der Waals surface area contributed by atoms with Gasteiger partial charge in [-0.15, -0.1) is 0 Å². The predicted octanol–water partition coefficient (Wildman–Crippen LogP) is 2.10. The van der Waals surface area contributed by atoms with E-state index in [2.05, 4.69) is 15.5 Å². The van der Waals surface area contributed by atoms with E-state index < -0.39 is 6.17 Å². The van der Waals surface area contributed by atoms with Gasteiger partial charge in [0, 0.05) is 31.2 Å². The Bertz CT molecular complexity index is 514. The zero-order valence-corrected chi connectivity index (χ0v) is 13.6. The first-order valence-electron chi connectivity index (χ1n) is 8.67. The summed E-state index contributed by atoms with van der Waals surface area (Å²) in [6.07, 6.45) is 3.61. The van der Waals surface area contributed by atoms with Crippen LogP contribution in [0.2, 0.25) is 0 Å². The fourth-order valence-corrected chi connectivity index (χ4v) is 3.38. The Morgan fingerprint density at radius 3 is 2.61 bits per heavy atom. The normalized spacial score (nSPS) is 25.4. The summed E-state index contributed by atoms with van der Waals surface area (Å²) in [5.41, 5.74) is 1.92. The van der Waals surface area contributed by atoms with Gasteiger partial charge in [-0.05, 0) is 50.0 Å². The number of carbonyl (C=O) groups is 1. The van der Waals surface area contributed by atoms with Crippen LogP contribution in [0.25, 0.3) is 0 Å². The molecule has 0 unspecified atom stereocenters. The summed E-state index contributed by atoms with van der Waals surface area (Å²) in [4.78, 5) is 14.6. The molecule has 0 spiro atoms. The molecule has 1 amide bonds. The summed E-state index contributed by atoms with van der Waals surface area (Å²) in [7, 11) is 0. The molecule has 1 aromatic carbocycles. The molecule has 0 aliphatic carbocycles. The SMILES string of the molecule is O=C(NC[C@@H]1C[C@H](F)CN1)c1ccc(CN2CCCCC2)cc1. The molecule has 23 heavy (non-hydrogen) atoms. The third-order valence-corrected chi connectivity index (χ3v) is 4.75. The molecule has 4 nitrogen and oxygen atoms in total. The second-order valence-corrected chi connectivity index (χ2v) is 6.68. The van der Waals surface area contributed by atoms with Gasteiger partial charge >= 0.3 is 0 Å². The number of piperidine rings is 1. The minimum atomic E-state index is -0.786. The number of alkyl halides is 1. The van der Waals surface area contributed by atoms with Gasteiger partial charge in [-0.25, -0.2) is 4.39 Å². The standard InChI is InChI=1S/C18H26FN3O/c19-16-10-17(20-11-16)12-21-18(23)15-6-4-14(5-7-15)13-22-8-2-1-3-9-22/h4-7,16-17,20H,1-3,8-13H2,(H,21,23)/t16-,17-/m0/s1. The summed E-state index contributed by atoms with van der Waals surface area (Å²) in [6.45, 7) is 4.19. The minimum Gasteiger partial charge on any atom is -0.350 e. The van der Waals surface area contributed by atoms with Crippen molar-refractivity contribution in [3.63, 3.8) is 0 Å². The van der Waals surface area contributed by atoms with Crippen molar-refractivity contribution < 1.29 is 9.18 Å². The number of likely N-dealkylation sites (tertiary alicyclic amines) is 1. The number of benzene rings is 1. The van der Waals surface area contributed by atoms with E-state index in [1.54, 1.807) is 0 Å². The van der Waals surface area contributed by atoms with Gasteiger partial charge in [0.25, 0.3) is 5.91 Å². The first kappa shape index (κ1) is 16.4. The molecule has 0 saturated carbocycles. The van der Waals surface area contributed by atoms with E-state index in [0.29, 0.717) is 25.1 Å². The largest absolute Gasteiger partial charge is 0.350 e. The van der Waals surface area contributed by atoms with Crippen molar-refractivity contribution in [2.45, 2.75) is 44.4 Å². The molecule has 2 fully saturated rings. The van der Waals surface area contributed by atoms with Gasteiger partial charge in [0.15, 0.2) is 0 Å². The van der Waals surface area contributed by atoms with Crippen molar-refractivity contribution in [2.75, 3.05) is 26.2 Å². The molecular weight excluding hydrogens is 293 g/mol. The molecule has 126 valence electrons. The highest BCUT2D eigenvalue weighted by molar-refractivity contribution is 5.94. The predicted molar refractivity (Wildman–Crippen MR) is 89.2 cm³/mol. The smallest absolute Gasteiger partial charge is 0.251 e. The Kier molecular flexibility index (Phi) is 5.62. The van der Waals surface area contributed by atoms with E-state index in [4.69, 9.17) is 0 Å². The number of amides is 1. The molecule has 5 heteroatoms. The van der Waals surface area contributed by atoms with Gasteiger partial charge in [0.2, 0.25) is 0 Å². The fraction of sp³-hybridized carbons (Fsp3) is 0.611. The second-order valence-electron chi connectivity index (χ2n) is 6.68. The van der Waals surface area contributed by atoms with Crippen molar-refractivity contribution in [3.05, 3.63) is 35.4 Å². The van der Waals surface area contributed by atoms with Gasteiger partial charge < -0.3 is 10.6 Å². The summed E-state index contributed by atoms with van der Waals surface area (Å²) in [6, 6.07) is 7.89. The number of halogens is 1. The highest BCUT2D eigenvalue weighted by Crippen LogP contribution is 2.14. The topological polar surface area (TPSA) is 44.4 Å². The third-order valence-electron chi connectivity index (χ3n) is 4.75. The lowest BCUT2D eigenvalue weighted by Crippen LogP contribution is -2.37. The first-order chi connectivity index (χ1) is 11.2. The monoisotopic (exact) mass is 319 g/mol. The highest BCUT2D eigenvalue weighted by Gasteiger charge is 2.23. The van der Waals surface area contributed by atoms with Crippen LogP contribution >= 0.6 is 0 Å². The van der Waals surface area contributed by atoms with Gasteiger partial charge in [-0.1, -0.05) is 18.6 Å². The van der Waals surface area contributed by atoms with Crippen molar-refractivity contribution in [1.82, 2.24) is 15.5 Å². The second kappa shape index (κ2) is 7.88. The van der Waals surface area contributed by atoms with Crippen LogP contribution in [0.1, 0.15) is 41.6 Å². The first-order valence-corrected chi connectivity index (χ1v) is 8.67. The highest BCUT2D eigenvalue weighted by atomic mass is 19.1. The van der Waals surface area contributed by atoms with Crippen LogP contribution in [0, 0.1) is 0 Å². The zero-order valence-electron chi connectivity index (χ0n) is 13.6. The van der Waals surface area contributed by atoms with Crippen molar-refractivity contribution in [3.8, 4) is 0 Å². The van der Waals surface area contributed by atoms with E-state index in [1.165, 1.54) is 37.9 Å². The lowest BCUT2D eigenvalue weighted by Gasteiger charge is -2.26.